The van der Waals surface area contributed by atoms with Crippen molar-refractivity contribution in [2.45, 2.75) is 25.1 Å². The van der Waals surface area contributed by atoms with E-state index in [0.29, 0.717) is 25.1 Å². The average molecular weight is 348 g/mol. The number of rotatable bonds is 4. The van der Waals surface area contributed by atoms with E-state index in [2.05, 4.69) is 10.3 Å². The lowest BCUT2D eigenvalue weighted by atomic mass is 10.0. The molecule has 6 heteroatoms. The fourth-order valence-corrected chi connectivity index (χ4v) is 3.45. The molecule has 2 unspecified atom stereocenters. The van der Waals surface area contributed by atoms with Crippen LogP contribution in [0.3, 0.4) is 0 Å². The van der Waals surface area contributed by atoms with Crippen molar-refractivity contribution in [2.24, 2.45) is 0 Å². The van der Waals surface area contributed by atoms with E-state index in [4.69, 9.17) is 0 Å². The highest BCUT2D eigenvalue weighted by atomic mass is 16.3. The number of likely N-dealkylation sites (tertiary alicyclic amines) is 1. The fourth-order valence-electron chi connectivity index (χ4n) is 3.45. The minimum absolute atomic E-state index is 0.0530. The molecule has 2 heterocycles. The molecular weight excluding hydrogens is 328 g/mol. The SMILES string of the molecule is O=C(c1ccc(Cn2ccnn2)cc1)N1CC(O)CC1c1ccccc1. The van der Waals surface area contributed by atoms with Crippen LogP contribution in [-0.4, -0.2) is 43.6 Å². The summed E-state index contributed by atoms with van der Waals surface area (Å²) in [6.45, 7) is 0.975. The van der Waals surface area contributed by atoms with Crippen LogP contribution in [-0.2, 0) is 6.54 Å². The van der Waals surface area contributed by atoms with E-state index in [1.54, 1.807) is 22.0 Å². The predicted molar refractivity (Wildman–Crippen MR) is 96.4 cm³/mol. The maximum atomic E-state index is 13.0. The molecule has 1 amide bonds. The molecule has 0 aliphatic carbocycles. The summed E-state index contributed by atoms with van der Waals surface area (Å²) >= 11 is 0. The van der Waals surface area contributed by atoms with Crippen LogP contribution >= 0.6 is 0 Å². The summed E-state index contributed by atoms with van der Waals surface area (Å²) in [5.74, 6) is -0.0530. The first-order valence-corrected chi connectivity index (χ1v) is 8.68. The molecule has 26 heavy (non-hydrogen) atoms. The van der Waals surface area contributed by atoms with E-state index in [-0.39, 0.29) is 11.9 Å². The smallest absolute Gasteiger partial charge is 0.254 e. The molecule has 132 valence electrons. The molecular formula is C20H20N4O2. The third kappa shape index (κ3) is 3.36. The number of hydrogen-bond acceptors (Lipinski definition) is 4. The van der Waals surface area contributed by atoms with Crippen molar-refractivity contribution in [3.63, 3.8) is 0 Å². The van der Waals surface area contributed by atoms with Gasteiger partial charge in [-0.15, -0.1) is 5.10 Å². The van der Waals surface area contributed by atoms with Crippen molar-refractivity contribution in [1.82, 2.24) is 19.9 Å². The number of β-amino-alcohol motifs (C(OH)–C–C–N with tert-alkyl or cyclic N) is 1. The van der Waals surface area contributed by atoms with Gasteiger partial charge in [0.1, 0.15) is 0 Å². The highest BCUT2D eigenvalue weighted by molar-refractivity contribution is 5.94. The Labute approximate surface area is 151 Å². The molecule has 1 aromatic heterocycles. The second-order valence-corrected chi connectivity index (χ2v) is 6.57. The number of carbonyl (C=O) groups is 1. The van der Waals surface area contributed by atoms with Gasteiger partial charge in [-0.25, -0.2) is 4.68 Å². The first-order valence-electron chi connectivity index (χ1n) is 8.68. The molecule has 0 spiro atoms. The summed E-state index contributed by atoms with van der Waals surface area (Å²) in [6, 6.07) is 17.3. The number of nitrogens with zero attached hydrogens (tertiary/aromatic N) is 4. The Morgan fingerprint density at radius 2 is 1.88 bits per heavy atom. The molecule has 2 atom stereocenters. The molecule has 2 aromatic carbocycles. The van der Waals surface area contributed by atoms with Gasteiger partial charge in [-0.3, -0.25) is 4.79 Å². The predicted octanol–water partition coefficient (Wildman–Crippen LogP) is 2.27. The summed E-state index contributed by atoms with van der Waals surface area (Å²) in [4.78, 5) is 14.8. The minimum atomic E-state index is -0.490. The Morgan fingerprint density at radius 1 is 1.12 bits per heavy atom. The number of aliphatic hydroxyl groups is 1. The van der Waals surface area contributed by atoms with Gasteiger partial charge < -0.3 is 10.0 Å². The molecule has 6 nitrogen and oxygen atoms in total. The second kappa shape index (κ2) is 7.09. The van der Waals surface area contributed by atoms with Gasteiger partial charge in [0.15, 0.2) is 0 Å². The molecule has 0 radical (unpaired) electrons. The largest absolute Gasteiger partial charge is 0.391 e. The first kappa shape index (κ1) is 16.5. The van der Waals surface area contributed by atoms with Gasteiger partial charge in [-0.1, -0.05) is 47.7 Å². The van der Waals surface area contributed by atoms with Crippen LogP contribution in [0.4, 0.5) is 0 Å². The Morgan fingerprint density at radius 3 is 2.58 bits per heavy atom. The zero-order valence-corrected chi connectivity index (χ0v) is 14.3. The number of hydrogen-bond donors (Lipinski definition) is 1. The zero-order chi connectivity index (χ0) is 17.9. The van der Waals surface area contributed by atoms with Gasteiger partial charge in [0.25, 0.3) is 5.91 Å². The molecule has 1 aliphatic rings. The van der Waals surface area contributed by atoms with Crippen molar-refractivity contribution in [1.29, 1.82) is 0 Å². The topological polar surface area (TPSA) is 71.2 Å². The van der Waals surface area contributed by atoms with E-state index in [1.807, 2.05) is 54.6 Å². The number of aromatic nitrogens is 3. The Bertz CT molecular complexity index is 863. The van der Waals surface area contributed by atoms with Crippen LogP contribution in [0.5, 0.6) is 0 Å². The van der Waals surface area contributed by atoms with Crippen molar-refractivity contribution in [3.8, 4) is 0 Å². The van der Waals surface area contributed by atoms with Gasteiger partial charge >= 0.3 is 0 Å². The van der Waals surface area contributed by atoms with Crippen LogP contribution in [0, 0.1) is 0 Å². The standard InChI is InChI=1S/C20H20N4O2/c25-18-12-19(16-4-2-1-3-5-16)24(14-18)20(26)17-8-6-15(7-9-17)13-23-11-10-21-22-23/h1-11,18-19,25H,12-14H2. The Hall–Kier alpha value is -2.99. The minimum Gasteiger partial charge on any atom is -0.391 e. The van der Waals surface area contributed by atoms with Crippen LogP contribution in [0.1, 0.15) is 33.9 Å². The van der Waals surface area contributed by atoms with Gasteiger partial charge in [0.05, 0.1) is 24.9 Å². The van der Waals surface area contributed by atoms with E-state index in [0.717, 1.165) is 11.1 Å². The molecule has 1 saturated heterocycles. The number of benzene rings is 2. The van der Waals surface area contributed by atoms with Crippen molar-refractivity contribution >= 4 is 5.91 Å². The van der Waals surface area contributed by atoms with E-state index < -0.39 is 6.10 Å². The maximum absolute atomic E-state index is 13.0. The highest BCUT2D eigenvalue weighted by Crippen LogP contribution is 2.33. The van der Waals surface area contributed by atoms with E-state index in [9.17, 15) is 9.90 Å². The monoisotopic (exact) mass is 348 g/mol. The molecule has 1 fully saturated rings. The van der Waals surface area contributed by atoms with E-state index >= 15 is 0 Å². The van der Waals surface area contributed by atoms with Crippen molar-refractivity contribution in [2.75, 3.05) is 6.54 Å². The Kier molecular flexibility index (Phi) is 4.50. The molecule has 3 aromatic rings. The van der Waals surface area contributed by atoms with Crippen LogP contribution in [0.15, 0.2) is 67.0 Å². The maximum Gasteiger partial charge on any atom is 0.254 e. The number of aliphatic hydroxyl groups excluding tert-OH is 1. The molecule has 4 rings (SSSR count). The van der Waals surface area contributed by atoms with Gasteiger partial charge in [-0.2, -0.15) is 0 Å². The average Bonchev–Trinajstić information content (AvgIpc) is 3.32. The van der Waals surface area contributed by atoms with Gasteiger partial charge in [-0.05, 0) is 29.7 Å². The lowest BCUT2D eigenvalue weighted by Gasteiger charge is -2.25. The zero-order valence-electron chi connectivity index (χ0n) is 14.3. The molecule has 1 N–H and O–H groups in total. The third-order valence-electron chi connectivity index (χ3n) is 4.74. The highest BCUT2D eigenvalue weighted by Gasteiger charge is 2.35. The lowest BCUT2D eigenvalue weighted by molar-refractivity contribution is 0.0716. The summed E-state index contributed by atoms with van der Waals surface area (Å²) in [7, 11) is 0. The normalized spacial score (nSPS) is 19.7. The summed E-state index contributed by atoms with van der Waals surface area (Å²) in [6.07, 6.45) is 3.52. The van der Waals surface area contributed by atoms with E-state index in [1.165, 1.54) is 0 Å². The van der Waals surface area contributed by atoms with Gasteiger partial charge in [0.2, 0.25) is 0 Å². The molecule has 1 aliphatic heterocycles. The summed E-state index contributed by atoms with van der Waals surface area (Å²) in [5, 5.41) is 17.8. The van der Waals surface area contributed by atoms with Crippen molar-refractivity contribution < 1.29 is 9.90 Å². The number of amides is 1. The van der Waals surface area contributed by atoms with Crippen LogP contribution < -0.4 is 0 Å². The lowest BCUT2D eigenvalue weighted by Crippen LogP contribution is -2.31. The van der Waals surface area contributed by atoms with Crippen LogP contribution in [0.2, 0.25) is 0 Å². The quantitative estimate of drug-likeness (QED) is 0.785. The molecule has 0 bridgehead atoms. The summed E-state index contributed by atoms with van der Waals surface area (Å²) < 4.78 is 1.74. The van der Waals surface area contributed by atoms with Crippen LogP contribution in [0.25, 0.3) is 0 Å². The Balaban J connectivity index is 1.52. The third-order valence-corrected chi connectivity index (χ3v) is 4.74. The fraction of sp³-hybridized carbons (Fsp3) is 0.250. The van der Waals surface area contributed by atoms with Gasteiger partial charge in [0, 0.05) is 18.3 Å². The molecule has 0 saturated carbocycles. The summed E-state index contributed by atoms with van der Waals surface area (Å²) in [5.41, 5.74) is 2.73. The van der Waals surface area contributed by atoms with Crippen molar-refractivity contribution in [3.05, 3.63) is 83.7 Å². The second-order valence-electron chi connectivity index (χ2n) is 6.57. The first-order chi connectivity index (χ1) is 12.7. The number of carbonyl (C=O) groups excluding carboxylic acids is 1.